The first-order chi connectivity index (χ1) is 9.15. The molecule has 1 aromatic heterocycles. The molecule has 1 aliphatic carbocycles. The van der Waals surface area contributed by atoms with Gasteiger partial charge in [0.05, 0.1) is 0 Å². The second kappa shape index (κ2) is 6.42. The van der Waals surface area contributed by atoms with Gasteiger partial charge < -0.3 is 9.47 Å². The SMILES string of the molecule is CC(C)n1ccnc(N(CCCl)C2CCCC2)c1=O. The molecule has 1 fully saturated rings. The minimum absolute atomic E-state index is 0.00508. The number of hydrogen-bond acceptors (Lipinski definition) is 3. The summed E-state index contributed by atoms with van der Waals surface area (Å²) >= 11 is 5.90. The summed E-state index contributed by atoms with van der Waals surface area (Å²) < 4.78 is 1.73. The van der Waals surface area contributed by atoms with Crippen LogP contribution in [0.4, 0.5) is 5.82 Å². The summed E-state index contributed by atoms with van der Waals surface area (Å²) in [5, 5.41) is 0. The summed E-state index contributed by atoms with van der Waals surface area (Å²) in [7, 11) is 0. The van der Waals surface area contributed by atoms with E-state index in [0.717, 1.165) is 12.8 Å². The molecule has 106 valence electrons. The summed E-state index contributed by atoms with van der Waals surface area (Å²) in [6.07, 6.45) is 8.20. The van der Waals surface area contributed by atoms with Crippen LogP contribution in [0.1, 0.15) is 45.6 Å². The van der Waals surface area contributed by atoms with Crippen LogP contribution in [-0.2, 0) is 0 Å². The summed E-state index contributed by atoms with van der Waals surface area (Å²) in [5.74, 6) is 1.08. The fraction of sp³-hybridized carbons (Fsp3) is 0.714. The average Bonchev–Trinajstić information content (AvgIpc) is 2.90. The van der Waals surface area contributed by atoms with Gasteiger partial charge in [-0.05, 0) is 26.7 Å². The van der Waals surface area contributed by atoms with Gasteiger partial charge in [-0.15, -0.1) is 11.6 Å². The molecule has 0 radical (unpaired) electrons. The highest BCUT2D eigenvalue weighted by Crippen LogP contribution is 2.25. The molecule has 0 unspecified atom stereocenters. The zero-order valence-electron chi connectivity index (χ0n) is 11.7. The van der Waals surface area contributed by atoms with Gasteiger partial charge in [-0.1, -0.05) is 12.8 Å². The van der Waals surface area contributed by atoms with E-state index in [2.05, 4.69) is 9.88 Å². The maximum Gasteiger partial charge on any atom is 0.293 e. The normalized spacial score (nSPS) is 16.2. The van der Waals surface area contributed by atoms with Gasteiger partial charge in [0, 0.05) is 36.9 Å². The van der Waals surface area contributed by atoms with Gasteiger partial charge in [0.2, 0.25) is 0 Å². The molecule has 0 atom stereocenters. The first kappa shape index (κ1) is 14.4. The number of aromatic nitrogens is 2. The standard InChI is InChI=1S/C14H22ClN3O/c1-11(2)17-10-8-16-13(14(17)19)18(9-7-15)12-5-3-4-6-12/h8,10-12H,3-7,9H2,1-2H3. The van der Waals surface area contributed by atoms with Crippen molar-refractivity contribution in [2.24, 2.45) is 0 Å². The van der Waals surface area contributed by atoms with E-state index in [4.69, 9.17) is 11.6 Å². The average molecular weight is 284 g/mol. The Morgan fingerprint density at radius 1 is 1.47 bits per heavy atom. The highest BCUT2D eigenvalue weighted by atomic mass is 35.5. The summed E-state index contributed by atoms with van der Waals surface area (Å²) in [5.41, 5.74) is -0.00508. The van der Waals surface area contributed by atoms with Crippen molar-refractivity contribution in [2.75, 3.05) is 17.3 Å². The second-order valence-electron chi connectivity index (χ2n) is 5.38. The topological polar surface area (TPSA) is 38.1 Å². The Morgan fingerprint density at radius 3 is 2.74 bits per heavy atom. The minimum Gasteiger partial charge on any atom is -0.348 e. The zero-order valence-corrected chi connectivity index (χ0v) is 12.4. The fourth-order valence-corrected chi connectivity index (χ4v) is 2.97. The monoisotopic (exact) mass is 283 g/mol. The molecule has 1 heterocycles. The van der Waals surface area contributed by atoms with Crippen molar-refractivity contribution in [1.29, 1.82) is 0 Å². The van der Waals surface area contributed by atoms with E-state index < -0.39 is 0 Å². The van der Waals surface area contributed by atoms with Crippen molar-refractivity contribution in [3.05, 3.63) is 22.7 Å². The molecule has 5 heteroatoms. The van der Waals surface area contributed by atoms with E-state index in [9.17, 15) is 4.79 Å². The predicted octanol–water partition coefficient (Wildman–Crippen LogP) is 2.81. The predicted molar refractivity (Wildman–Crippen MR) is 79.2 cm³/mol. The summed E-state index contributed by atoms with van der Waals surface area (Å²) in [6.45, 7) is 4.70. The smallest absolute Gasteiger partial charge is 0.293 e. The van der Waals surface area contributed by atoms with Gasteiger partial charge >= 0.3 is 0 Å². The molecule has 0 saturated heterocycles. The van der Waals surface area contributed by atoms with Crippen LogP contribution < -0.4 is 10.5 Å². The zero-order chi connectivity index (χ0) is 13.8. The largest absolute Gasteiger partial charge is 0.348 e. The fourth-order valence-electron chi connectivity index (χ4n) is 2.79. The highest BCUT2D eigenvalue weighted by Gasteiger charge is 2.25. The molecule has 0 N–H and O–H groups in total. The number of halogens is 1. The van der Waals surface area contributed by atoms with E-state index in [1.807, 2.05) is 13.8 Å². The van der Waals surface area contributed by atoms with Crippen molar-refractivity contribution < 1.29 is 0 Å². The molecule has 19 heavy (non-hydrogen) atoms. The Hall–Kier alpha value is -1.03. The van der Waals surface area contributed by atoms with Crippen LogP contribution in [0.25, 0.3) is 0 Å². The van der Waals surface area contributed by atoms with E-state index in [1.54, 1.807) is 17.0 Å². The van der Waals surface area contributed by atoms with Crippen molar-refractivity contribution in [3.8, 4) is 0 Å². The van der Waals surface area contributed by atoms with Crippen LogP contribution in [0.2, 0.25) is 0 Å². The lowest BCUT2D eigenvalue weighted by atomic mass is 10.2. The summed E-state index contributed by atoms with van der Waals surface area (Å²) in [4.78, 5) is 18.9. The molecule has 0 aromatic carbocycles. The molecular formula is C14H22ClN3O. The molecule has 2 rings (SSSR count). The molecule has 0 bridgehead atoms. The van der Waals surface area contributed by atoms with Gasteiger partial charge in [0.25, 0.3) is 5.56 Å². The van der Waals surface area contributed by atoms with Crippen molar-refractivity contribution in [3.63, 3.8) is 0 Å². The Labute approximate surface area is 119 Å². The maximum absolute atomic E-state index is 12.5. The van der Waals surface area contributed by atoms with Gasteiger partial charge in [-0.2, -0.15) is 0 Å². The number of hydrogen-bond donors (Lipinski definition) is 0. The third-order valence-corrected chi connectivity index (χ3v) is 3.94. The summed E-state index contributed by atoms with van der Waals surface area (Å²) in [6, 6.07) is 0.567. The lowest BCUT2D eigenvalue weighted by Gasteiger charge is -2.29. The van der Waals surface area contributed by atoms with Crippen LogP contribution >= 0.6 is 11.6 Å². The molecule has 1 aromatic rings. The Morgan fingerprint density at radius 2 is 2.16 bits per heavy atom. The van der Waals surface area contributed by atoms with Gasteiger partial charge in [0.15, 0.2) is 5.82 Å². The van der Waals surface area contributed by atoms with Crippen molar-refractivity contribution in [2.45, 2.75) is 51.6 Å². The number of alkyl halides is 1. The number of nitrogens with zero attached hydrogens (tertiary/aromatic N) is 3. The number of rotatable bonds is 5. The first-order valence-corrected chi connectivity index (χ1v) is 7.58. The lowest BCUT2D eigenvalue weighted by molar-refractivity contribution is 0.558. The maximum atomic E-state index is 12.5. The second-order valence-corrected chi connectivity index (χ2v) is 5.76. The minimum atomic E-state index is -0.00508. The molecule has 0 aliphatic heterocycles. The van der Waals surface area contributed by atoms with Crippen LogP contribution in [0.3, 0.4) is 0 Å². The highest BCUT2D eigenvalue weighted by molar-refractivity contribution is 6.18. The molecule has 0 amide bonds. The molecular weight excluding hydrogens is 262 g/mol. The van der Waals surface area contributed by atoms with E-state index >= 15 is 0 Å². The van der Waals surface area contributed by atoms with Crippen LogP contribution in [0.5, 0.6) is 0 Å². The quantitative estimate of drug-likeness (QED) is 0.780. The van der Waals surface area contributed by atoms with E-state index in [1.165, 1.54) is 12.8 Å². The van der Waals surface area contributed by atoms with Gasteiger partial charge in [0.1, 0.15) is 0 Å². The van der Waals surface area contributed by atoms with Crippen molar-refractivity contribution >= 4 is 17.4 Å². The van der Waals surface area contributed by atoms with Crippen LogP contribution in [-0.4, -0.2) is 28.0 Å². The Bertz CT molecular complexity index is 466. The molecule has 1 saturated carbocycles. The first-order valence-electron chi connectivity index (χ1n) is 7.05. The number of anilines is 1. The third-order valence-electron chi connectivity index (χ3n) is 3.77. The van der Waals surface area contributed by atoms with Gasteiger partial charge in [-0.3, -0.25) is 4.79 Å². The van der Waals surface area contributed by atoms with E-state index in [-0.39, 0.29) is 11.6 Å². The van der Waals surface area contributed by atoms with E-state index in [0.29, 0.717) is 24.3 Å². The molecule has 4 nitrogen and oxygen atoms in total. The Kier molecular flexibility index (Phi) is 4.86. The van der Waals surface area contributed by atoms with Gasteiger partial charge in [-0.25, -0.2) is 4.98 Å². The van der Waals surface area contributed by atoms with Crippen LogP contribution in [0.15, 0.2) is 17.2 Å². The van der Waals surface area contributed by atoms with Crippen molar-refractivity contribution in [1.82, 2.24) is 9.55 Å². The molecule has 1 aliphatic rings. The Balaban J connectivity index is 2.36. The molecule has 0 spiro atoms. The third kappa shape index (κ3) is 3.11. The lowest BCUT2D eigenvalue weighted by Crippen LogP contribution is -2.41. The van der Waals surface area contributed by atoms with Crippen LogP contribution in [0, 0.1) is 0 Å².